The second kappa shape index (κ2) is 6.06. The van der Waals surface area contributed by atoms with E-state index in [9.17, 15) is 4.79 Å². The average molecular weight is 261 g/mol. The van der Waals surface area contributed by atoms with Crippen molar-refractivity contribution >= 4 is 11.6 Å². The third kappa shape index (κ3) is 3.07. The highest BCUT2D eigenvalue weighted by atomic mass is 16.2. The summed E-state index contributed by atoms with van der Waals surface area (Å²) in [5.74, 6) is 0.0352. The van der Waals surface area contributed by atoms with E-state index in [1.807, 2.05) is 24.1 Å². The van der Waals surface area contributed by atoms with Gasteiger partial charge in [0, 0.05) is 31.9 Å². The van der Waals surface area contributed by atoms with Crippen molar-refractivity contribution in [1.82, 2.24) is 9.80 Å². The molecule has 19 heavy (non-hydrogen) atoms. The molecule has 1 aliphatic heterocycles. The summed E-state index contributed by atoms with van der Waals surface area (Å²) in [6.45, 7) is 5.42. The SMILES string of the molecule is CCN1CCC(N(C)C(=O)c2ccccc2N)CC1. The predicted octanol–water partition coefficient (Wildman–Crippen LogP) is 1.83. The highest BCUT2D eigenvalue weighted by molar-refractivity contribution is 5.99. The number of nitrogen functional groups attached to an aromatic ring is 1. The Kier molecular flexibility index (Phi) is 4.43. The maximum atomic E-state index is 12.4. The van der Waals surface area contributed by atoms with Crippen molar-refractivity contribution in [2.75, 3.05) is 32.4 Å². The molecule has 4 heteroatoms. The second-order valence-corrected chi connectivity index (χ2v) is 5.17. The van der Waals surface area contributed by atoms with Crippen LogP contribution in [0.5, 0.6) is 0 Å². The van der Waals surface area contributed by atoms with Gasteiger partial charge in [-0.15, -0.1) is 0 Å². The van der Waals surface area contributed by atoms with E-state index in [0.29, 0.717) is 17.3 Å². The van der Waals surface area contributed by atoms with Crippen molar-refractivity contribution < 1.29 is 4.79 Å². The number of nitrogens with two attached hydrogens (primary N) is 1. The molecule has 0 aliphatic carbocycles. The molecule has 2 N–H and O–H groups in total. The molecule has 1 fully saturated rings. The Balaban J connectivity index is 2.02. The van der Waals surface area contributed by atoms with Crippen molar-refractivity contribution in [3.05, 3.63) is 29.8 Å². The molecular formula is C15H23N3O. The molecule has 2 rings (SSSR count). The summed E-state index contributed by atoms with van der Waals surface area (Å²) >= 11 is 0. The first kappa shape index (κ1) is 13.9. The third-order valence-corrected chi connectivity index (χ3v) is 4.06. The Bertz CT molecular complexity index is 439. The summed E-state index contributed by atoms with van der Waals surface area (Å²) in [5, 5.41) is 0. The molecule has 0 unspecified atom stereocenters. The number of hydrogen-bond acceptors (Lipinski definition) is 3. The van der Waals surface area contributed by atoms with Crippen molar-refractivity contribution in [2.45, 2.75) is 25.8 Å². The van der Waals surface area contributed by atoms with Crippen LogP contribution in [0, 0.1) is 0 Å². The van der Waals surface area contributed by atoms with E-state index >= 15 is 0 Å². The van der Waals surface area contributed by atoms with Crippen molar-refractivity contribution in [3.8, 4) is 0 Å². The van der Waals surface area contributed by atoms with Crippen LogP contribution in [-0.2, 0) is 0 Å². The van der Waals surface area contributed by atoms with Crippen LogP contribution in [0.3, 0.4) is 0 Å². The van der Waals surface area contributed by atoms with Gasteiger partial charge in [-0.05, 0) is 31.5 Å². The molecule has 1 amide bonds. The molecule has 1 saturated heterocycles. The highest BCUT2D eigenvalue weighted by Gasteiger charge is 2.25. The van der Waals surface area contributed by atoms with Crippen LogP contribution in [0.25, 0.3) is 0 Å². The summed E-state index contributed by atoms with van der Waals surface area (Å²) in [6.07, 6.45) is 2.09. The minimum atomic E-state index is 0.0352. The van der Waals surface area contributed by atoms with Crippen LogP contribution < -0.4 is 5.73 Å². The first-order valence-corrected chi connectivity index (χ1v) is 6.97. The lowest BCUT2D eigenvalue weighted by Crippen LogP contribution is -2.45. The maximum Gasteiger partial charge on any atom is 0.255 e. The normalized spacial score (nSPS) is 17.4. The van der Waals surface area contributed by atoms with Gasteiger partial charge in [0.2, 0.25) is 0 Å². The van der Waals surface area contributed by atoms with Gasteiger partial charge in [-0.1, -0.05) is 19.1 Å². The highest BCUT2D eigenvalue weighted by Crippen LogP contribution is 2.19. The number of carbonyl (C=O) groups excluding carboxylic acids is 1. The molecule has 0 aromatic heterocycles. The van der Waals surface area contributed by atoms with Gasteiger partial charge in [0.15, 0.2) is 0 Å². The summed E-state index contributed by atoms with van der Waals surface area (Å²) in [6, 6.07) is 7.62. The summed E-state index contributed by atoms with van der Waals surface area (Å²) in [5.41, 5.74) is 7.05. The van der Waals surface area contributed by atoms with Gasteiger partial charge >= 0.3 is 0 Å². The van der Waals surface area contributed by atoms with E-state index in [1.54, 1.807) is 12.1 Å². The van der Waals surface area contributed by atoms with Gasteiger partial charge < -0.3 is 15.5 Å². The van der Waals surface area contributed by atoms with Crippen LogP contribution >= 0.6 is 0 Å². The number of para-hydroxylation sites is 1. The molecule has 0 saturated carbocycles. The number of carbonyl (C=O) groups is 1. The minimum absolute atomic E-state index is 0.0352. The zero-order valence-electron chi connectivity index (χ0n) is 11.8. The zero-order valence-corrected chi connectivity index (χ0v) is 11.8. The fourth-order valence-corrected chi connectivity index (χ4v) is 2.67. The first-order valence-electron chi connectivity index (χ1n) is 6.97. The quantitative estimate of drug-likeness (QED) is 0.844. The fourth-order valence-electron chi connectivity index (χ4n) is 2.67. The third-order valence-electron chi connectivity index (χ3n) is 4.06. The lowest BCUT2D eigenvalue weighted by molar-refractivity contribution is 0.0648. The Labute approximate surface area is 115 Å². The molecule has 0 bridgehead atoms. The van der Waals surface area contributed by atoms with Crippen LogP contribution in [0.15, 0.2) is 24.3 Å². The topological polar surface area (TPSA) is 49.6 Å². The van der Waals surface area contributed by atoms with Crippen LogP contribution in [0.2, 0.25) is 0 Å². The van der Waals surface area contributed by atoms with Gasteiger partial charge in [-0.3, -0.25) is 4.79 Å². The molecule has 1 aliphatic rings. The largest absolute Gasteiger partial charge is 0.398 e. The monoisotopic (exact) mass is 261 g/mol. The Hall–Kier alpha value is -1.55. The Morgan fingerprint density at radius 3 is 2.58 bits per heavy atom. The summed E-state index contributed by atoms with van der Waals surface area (Å²) in [7, 11) is 1.89. The van der Waals surface area contributed by atoms with E-state index < -0.39 is 0 Å². The van der Waals surface area contributed by atoms with Gasteiger partial charge in [0.1, 0.15) is 0 Å². The van der Waals surface area contributed by atoms with Gasteiger partial charge in [0.05, 0.1) is 5.56 Å². The summed E-state index contributed by atoms with van der Waals surface area (Å²) in [4.78, 5) is 16.7. The molecule has 1 aromatic carbocycles. The number of rotatable bonds is 3. The van der Waals surface area contributed by atoms with E-state index in [-0.39, 0.29) is 5.91 Å². The van der Waals surface area contributed by atoms with Crippen molar-refractivity contribution in [3.63, 3.8) is 0 Å². The molecule has 0 atom stereocenters. The van der Waals surface area contributed by atoms with Crippen molar-refractivity contribution in [1.29, 1.82) is 0 Å². The first-order chi connectivity index (χ1) is 9.13. The lowest BCUT2D eigenvalue weighted by atomic mass is 10.0. The van der Waals surface area contributed by atoms with E-state index in [2.05, 4.69) is 11.8 Å². The number of anilines is 1. The number of hydrogen-bond donors (Lipinski definition) is 1. The fraction of sp³-hybridized carbons (Fsp3) is 0.533. The number of benzene rings is 1. The Morgan fingerprint density at radius 1 is 1.37 bits per heavy atom. The van der Waals surface area contributed by atoms with E-state index in [4.69, 9.17) is 5.73 Å². The van der Waals surface area contributed by atoms with Crippen LogP contribution in [0.4, 0.5) is 5.69 Å². The molecule has 0 radical (unpaired) electrons. The van der Waals surface area contributed by atoms with Crippen molar-refractivity contribution in [2.24, 2.45) is 0 Å². The molecule has 4 nitrogen and oxygen atoms in total. The van der Waals surface area contributed by atoms with Gasteiger partial charge in [-0.2, -0.15) is 0 Å². The molecule has 104 valence electrons. The molecular weight excluding hydrogens is 238 g/mol. The zero-order chi connectivity index (χ0) is 13.8. The molecule has 1 aromatic rings. The summed E-state index contributed by atoms with van der Waals surface area (Å²) < 4.78 is 0. The second-order valence-electron chi connectivity index (χ2n) is 5.17. The number of nitrogens with zero attached hydrogens (tertiary/aromatic N) is 2. The van der Waals surface area contributed by atoms with Crippen LogP contribution in [0.1, 0.15) is 30.1 Å². The molecule has 0 spiro atoms. The van der Waals surface area contributed by atoms with Gasteiger partial charge in [-0.25, -0.2) is 0 Å². The standard InChI is InChI=1S/C15H23N3O/c1-3-18-10-8-12(9-11-18)17(2)15(19)13-6-4-5-7-14(13)16/h4-7,12H,3,8-11,16H2,1-2H3. The minimum Gasteiger partial charge on any atom is -0.398 e. The van der Waals surface area contributed by atoms with Gasteiger partial charge in [0.25, 0.3) is 5.91 Å². The maximum absolute atomic E-state index is 12.4. The molecule has 1 heterocycles. The number of piperidine rings is 1. The van der Waals surface area contributed by atoms with E-state index in [1.165, 1.54) is 0 Å². The smallest absolute Gasteiger partial charge is 0.255 e. The average Bonchev–Trinajstić information content (AvgIpc) is 2.46. The van der Waals surface area contributed by atoms with E-state index in [0.717, 1.165) is 32.5 Å². The van der Waals surface area contributed by atoms with Crippen LogP contribution in [-0.4, -0.2) is 48.4 Å². The Morgan fingerprint density at radius 2 is 2.00 bits per heavy atom. The number of likely N-dealkylation sites (tertiary alicyclic amines) is 1. The lowest BCUT2D eigenvalue weighted by Gasteiger charge is -2.36. The number of amides is 1. The predicted molar refractivity (Wildman–Crippen MR) is 78.1 cm³/mol.